The average Bonchev–Trinajstić information content (AvgIpc) is 2.05. The zero-order chi connectivity index (χ0) is 8.97. The van der Waals surface area contributed by atoms with Crippen LogP contribution in [0, 0.1) is 4.91 Å². The van der Waals surface area contributed by atoms with Gasteiger partial charge in [-0.15, -0.1) is 4.91 Å². The zero-order valence-corrected chi connectivity index (χ0v) is 6.62. The maximum atomic E-state index is 10.8. The molecule has 0 aliphatic heterocycles. The third-order valence-corrected chi connectivity index (χ3v) is 1.42. The van der Waals surface area contributed by atoms with Crippen LogP contribution >= 0.6 is 11.6 Å². The van der Waals surface area contributed by atoms with Crippen molar-refractivity contribution in [1.29, 1.82) is 0 Å². The van der Waals surface area contributed by atoms with E-state index >= 15 is 0 Å². The monoisotopic (exact) mass is 185 g/mol. The molecule has 0 bridgehead atoms. The Bertz CT molecular complexity index is 313. The van der Waals surface area contributed by atoms with Crippen LogP contribution in [0.5, 0.6) is 0 Å². The molecule has 0 atom stereocenters. The van der Waals surface area contributed by atoms with Gasteiger partial charge in [-0.2, -0.15) is 0 Å². The molecule has 0 unspecified atom stereocenters. The molecule has 1 aromatic rings. The van der Waals surface area contributed by atoms with Gasteiger partial charge in [0.25, 0.3) is 0 Å². The molecule has 0 radical (unpaired) electrons. The van der Waals surface area contributed by atoms with E-state index in [1.54, 1.807) is 12.1 Å². The summed E-state index contributed by atoms with van der Waals surface area (Å²) in [5.74, 6) is -0.813. The molecule has 62 valence electrons. The van der Waals surface area contributed by atoms with Crippen LogP contribution in [0.15, 0.2) is 29.6 Å². The lowest BCUT2D eigenvalue weighted by atomic mass is 10.2. The molecule has 0 aliphatic carbocycles. The topological polar surface area (TPSA) is 55.7 Å². The zero-order valence-electron chi connectivity index (χ0n) is 5.86. The van der Waals surface area contributed by atoms with Gasteiger partial charge < -0.3 is 0 Å². The Balaban J connectivity index is 2.87. The number of nitrogens with zero attached hydrogens (tertiary/aromatic N) is 1. The van der Waals surface area contributed by atoms with Crippen LogP contribution in [0.2, 0.25) is 5.02 Å². The van der Waals surface area contributed by atoms with E-state index < -0.39 is 5.97 Å². The van der Waals surface area contributed by atoms with Gasteiger partial charge in [0.15, 0.2) is 5.34 Å². The summed E-state index contributed by atoms with van der Waals surface area (Å²) < 4.78 is 0. The second-order valence-electron chi connectivity index (χ2n) is 1.96. The maximum Gasteiger partial charge on any atom is 0.369 e. The third-order valence-electron chi connectivity index (χ3n) is 1.18. The minimum Gasteiger partial charge on any atom is -0.279 e. The molecule has 0 aliphatic rings. The fraction of sp³-hybridized carbons (Fsp3) is 0. The van der Waals surface area contributed by atoms with Gasteiger partial charge in [-0.1, -0.05) is 17.7 Å². The normalized spacial score (nSPS) is 9.08. The summed E-state index contributed by atoms with van der Waals surface area (Å²) in [5.41, 5.74) is 0.196. The number of benzene rings is 1. The van der Waals surface area contributed by atoms with Crippen LogP contribution < -0.4 is 0 Å². The molecule has 0 heterocycles. The summed E-state index contributed by atoms with van der Waals surface area (Å²) in [4.78, 5) is 24.2. The highest BCUT2D eigenvalue weighted by atomic mass is 35.5. The molecule has 5 heteroatoms. The summed E-state index contributed by atoms with van der Waals surface area (Å²) in [6.45, 7) is 0. The first-order valence-corrected chi connectivity index (χ1v) is 3.41. The van der Waals surface area contributed by atoms with E-state index in [4.69, 9.17) is 11.6 Å². The van der Waals surface area contributed by atoms with Crippen LogP contribution in [0.3, 0.4) is 0 Å². The lowest BCUT2D eigenvalue weighted by Crippen LogP contribution is -1.99. The number of halogens is 1. The first kappa shape index (κ1) is 8.67. The lowest BCUT2D eigenvalue weighted by molar-refractivity contribution is 0.0508. The summed E-state index contributed by atoms with van der Waals surface area (Å²) in [6, 6.07) is 6.03. The van der Waals surface area contributed by atoms with Gasteiger partial charge in [-0.25, -0.2) is 4.79 Å². The van der Waals surface area contributed by atoms with Crippen molar-refractivity contribution in [2.75, 3.05) is 0 Å². The highest BCUT2D eigenvalue weighted by Crippen LogP contribution is 2.11. The van der Waals surface area contributed by atoms with E-state index in [1.165, 1.54) is 12.1 Å². The van der Waals surface area contributed by atoms with E-state index in [-0.39, 0.29) is 5.56 Å². The minimum absolute atomic E-state index is 0.196. The Labute approximate surface area is 73.0 Å². The van der Waals surface area contributed by atoms with Gasteiger partial charge >= 0.3 is 5.97 Å². The second-order valence-corrected chi connectivity index (χ2v) is 2.40. The summed E-state index contributed by atoms with van der Waals surface area (Å²) in [7, 11) is 0. The quantitative estimate of drug-likeness (QED) is 0.524. The molecule has 0 saturated carbocycles. The van der Waals surface area contributed by atoms with E-state index in [0.717, 1.165) is 0 Å². The molecule has 4 nitrogen and oxygen atoms in total. The highest BCUT2D eigenvalue weighted by molar-refractivity contribution is 6.30. The molecular formula is C7H4ClNO3. The molecule has 0 aromatic heterocycles. The van der Waals surface area contributed by atoms with E-state index in [0.29, 0.717) is 5.02 Å². The predicted octanol–water partition coefficient (Wildman–Crippen LogP) is 2.18. The summed E-state index contributed by atoms with van der Waals surface area (Å²) in [5, 5.41) is 2.40. The van der Waals surface area contributed by atoms with Crippen molar-refractivity contribution in [3.8, 4) is 0 Å². The molecule has 0 fully saturated rings. The molecule has 0 spiro atoms. The van der Waals surface area contributed by atoms with Crippen molar-refractivity contribution in [3.05, 3.63) is 39.8 Å². The average molecular weight is 186 g/mol. The van der Waals surface area contributed by atoms with Crippen molar-refractivity contribution < 1.29 is 9.63 Å². The van der Waals surface area contributed by atoms with Gasteiger partial charge in [0, 0.05) is 5.02 Å². The van der Waals surface area contributed by atoms with Crippen molar-refractivity contribution in [2.24, 2.45) is 5.34 Å². The van der Waals surface area contributed by atoms with Crippen molar-refractivity contribution >= 4 is 17.6 Å². The Morgan fingerprint density at radius 2 is 2.25 bits per heavy atom. The third kappa shape index (κ3) is 2.03. The van der Waals surface area contributed by atoms with Crippen molar-refractivity contribution in [1.82, 2.24) is 0 Å². The smallest absolute Gasteiger partial charge is 0.279 e. The number of carbonyl (C=O) groups is 1. The molecule has 0 N–H and O–H groups in total. The molecule has 0 amide bonds. The molecule has 12 heavy (non-hydrogen) atoms. The Morgan fingerprint density at radius 3 is 2.83 bits per heavy atom. The van der Waals surface area contributed by atoms with E-state index in [9.17, 15) is 9.70 Å². The van der Waals surface area contributed by atoms with Crippen molar-refractivity contribution in [3.63, 3.8) is 0 Å². The number of carbonyl (C=O) groups excluding carboxylic acids is 1. The number of hydrogen-bond acceptors (Lipinski definition) is 4. The number of hydrogen-bond donors (Lipinski definition) is 0. The fourth-order valence-corrected chi connectivity index (χ4v) is 0.892. The molecule has 0 saturated heterocycles. The van der Waals surface area contributed by atoms with Crippen LogP contribution in [0.4, 0.5) is 0 Å². The van der Waals surface area contributed by atoms with Gasteiger partial charge in [-0.05, 0) is 18.2 Å². The Morgan fingerprint density at radius 1 is 1.50 bits per heavy atom. The highest BCUT2D eigenvalue weighted by Gasteiger charge is 2.06. The fourth-order valence-electron chi connectivity index (χ4n) is 0.702. The Kier molecular flexibility index (Phi) is 2.76. The van der Waals surface area contributed by atoms with E-state index in [1.807, 2.05) is 5.34 Å². The second kappa shape index (κ2) is 3.82. The van der Waals surface area contributed by atoms with Crippen LogP contribution in [0.25, 0.3) is 0 Å². The first-order chi connectivity index (χ1) is 5.74. The largest absolute Gasteiger partial charge is 0.369 e. The van der Waals surface area contributed by atoms with Gasteiger partial charge in [-0.3, -0.25) is 4.84 Å². The SMILES string of the molecule is O=NOC(=O)c1cccc(Cl)c1. The molecule has 1 aromatic carbocycles. The predicted molar refractivity (Wildman–Crippen MR) is 42.7 cm³/mol. The standard InChI is InChI=1S/C7H4ClNO3/c8-6-3-1-2-5(4-6)7(10)12-9-11/h1-4H. The summed E-state index contributed by atoms with van der Waals surface area (Å²) >= 11 is 5.57. The van der Waals surface area contributed by atoms with Crippen LogP contribution in [-0.4, -0.2) is 5.97 Å². The maximum absolute atomic E-state index is 10.8. The van der Waals surface area contributed by atoms with E-state index in [2.05, 4.69) is 4.84 Å². The first-order valence-electron chi connectivity index (χ1n) is 3.03. The molecular weight excluding hydrogens is 182 g/mol. The molecule has 1 rings (SSSR count). The van der Waals surface area contributed by atoms with Crippen LogP contribution in [0.1, 0.15) is 10.4 Å². The van der Waals surface area contributed by atoms with Gasteiger partial charge in [0.1, 0.15) is 0 Å². The number of rotatable bonds is 2. The minimum atomic E-state index is -0.813. The van der Waals surface area contributed by atoms with Crippen molar-refractivity contribution in [2.45, 2.75) is 0 Å². The summed E-state index contributed by atoms with van der Waals surface area (Å²) in [6.07, 6.45) is 0. The van der Waals surface area contributed by atoms with Gasteiger partial charge in [0.05, 0.1) is 5.56 Å². The van der Waals surface area contributed by atoms with Crippen LogP contribution in [-0.2, 0) is 4.84 Å². The lowest BCUT2D eigenvalue weighted by Gasteiger charge is -1.94. The van der Waals surface area contributed by atoms with Gasteiger partial charge in [0.2, 0.25) is 0 Å². The Hall–Kier alpha value is -1.42.